The van der Waals surface area contributed by atoms with Gasteiger partial charge in [0, 0.05) is 11.1 Å². The highest BCUT2D eigenvalue weighted by Crippen LogP contribution is 2.35. The molecule has 0 aliphatic rings. The number of hydrogen-bond donors (Lipinski definition) is 2. The lowest BCUT2D eigenvalue weighted by molar-refractivity contribution is 0.281. The van der Waals surface area contributed by atoms with Crippen molar-refractivity contribution in [1.82, 2.24) is 9.97 Å². The number of aliphatic hydroxyl groups is 2. The van der Waals surface area contributed by atoms with Gasteiger partial charge >= 0.3 is 0 Å². The van der Waals surface area contributed by atoms with Crippen molar-refractivity contribution in [2.45, 2.75) is 13.2 Å². The molecular weight excluding hydrogens is 392 g/mol. The molecule has 0 aliphatic carbocycles. The minimum Gasteiger partial charge on any atom is -0.392 e. The van der Waals surface area contributed by atoms with Crippen LogP contribution in [0.1, 0.15) is 11.1 Å². The van der Waals surface area contributed by atoms with Crippen LogP contribution in [0.15, 0.2) is 53.3 Å². The Kier molecular flexibility index (Phi) is 5.26. The van der Waals surface area contributed by atoms with Crippen LogP contribution in [-0.4, -0.2) is 20.2 Å². The van der Waals surface area contributed by atoms with E-state index in [0.717, 1.165) is 22.3 Å². The van der Waals surface area contributed by atoms with Crippen LogP contribution in [0.5, 0.6) is 0 Å². The van der Waals surface area contributed by atoms with Crippen molar-refractivity contribution in [3.63, 3.8) is 0 Å². The van der Waals surface area contributed by atoms with Gasteiger partial charge in [0.2, 0.25) is 0 Å². The molecule has 2 N–H and O–H groups in total. The first-order valence-electron chi connectivity index (χ1n) is 7.25. The molecule has 1 aromatic heterocycles. The summed E-state index contributed by atoms with van der Waals surface area (Å²) in [6.07, 6.45) is 0. The van der Waals surface area contributed by atoms with E-state index in [1.807, 2.05) is 48.5 Å². The molecule has 0 unspecified atom stereocenters. The number of rotatable bonds is 4. The molecule has 0 bridgehead atoms. The lowest BCUT2D eigenvalue weighted by Gasteiger charge is -2.10. The fourth-order valence-corrected chi connectivity index (χ4v) is 3.00. The van der Waals surface area contributed by atoms with Crippen LogP contribution in [0.2, 0.25) is 5.02 Å². The highest BCUT2D eigenvalue weighted by molar-refractivity contribution is 9.10. The van der Waals surface area contributed by atoms with Crippen molar-refractivity contribution in [3.05, 3.63) is 69.4 Å². The third kappa shape index (κ3) is 3.49. The molecule has 3 aromatic rings. The molecule has 0 aliphatic heterocycles. The minimum atomic E-state index is -0.00998. The van der Waals surface area contributed by atoms with Crippen molar-refractivity contribution in [3.8, 4) is 22.5 Å². The van der Waals surface area contributed by atoms with E-state index in [9.17, 15) is 0 Å². The number of benzene rings is 2. The minimum absolute atomic E-state index is 0.00998. The molecule has 0 spiro atoms. The summed E-state index contributed by atoms with van der Waals surface area (Å²) in [4.78, 5) is 8.78. The van der Waals surface area contributed by atoms with Gasteiger partial charge in [0.25, 0.3) is 0 Å². The summed E-state index contributed by atoms with van der Waals surface area (Å²) in [5.74, 6) is 0. The SMILES string of the molecule is OCc1ccc(-c2nc(Br)nc(-c3ccc(CO)cc3)c2Cl)cc1. The molecule has 0 saturated heterocycles. The van der Waals surface area contributed by atoms with Crippen LogP contribution < -0.4 is 0 Å². The quantitative estimate of drug-likeness (QED) is 0.638. The maximum absolute atomic E-state index is 9.16. The topological polar surface area (TPSA) is 66.2 Å². The Morgan fingerprint density at radius 2 is 1.12 bits per heavy atom. The predicted molar refractivity (Wildman–Crippen MR) is 97.5 cm³/mol. The zero-order chi connectivity index (χ0) is 17.1. The molecular formula is C18H14BrClN2O2. The Balaban J connectivity index is 2.09. The number of aromatic nitrogens is 2. The van der Waals surface area contributed by atoms with Gasteiger partial charge in [-0.25, -0.2) is 9.97 Å². The van der Waals surface area contributed by atoms with Gasteiger partial charge in [-0.3, -0.25) is 0 Å². The second kappa shape index (κ2) is 7.40. The Bertz CT molecular complexity index is 783. The van der Waals surface area contributed by atoms with Crippen LogP contribution in [0, 0.1) is 0 Å². The fraction of sp³-hybridized carbons (Fsp3) is 0.111. The van der Waals surface area contributed by atoms with Crippen LogP contribution in [0.4, 0.5) is 0 Å². The number of aliphatic hydroxyl groups excluding tert-OH is 2. The highest BCUT2D eigenvalue weighted by Gasteiger charge is 2.15. The predicted octanol–water partition coefficient (Wildman–Crippen LogP) is 4.21. The average molecular weight is 406 g/mol. The summed E-state index contributed by atoms with van der Waals surface area (Å²) in [5, 5.41) is 18.8. The smallest absolute Gasteiger partial charge is 0.197 e. The molecule has 122 valence electrons. The normalized spacial score (nSPS) is 10.8. The maximum Gasteiger partial charge on any atom is 0.197 e. The summed E-state index contributed by atoms with van der Waals surface area (Å²) in [6.45, 7) is -0.0200. The molecule has 2 aromatic carbocycles. The summed E-state index contributed by atoms with van der Waals surface area (Å²) < 4.78 is 0.439. The van der Waals surface area contributed by atoms with Crippen molar-refractivity contribution in [2.24, 2.45) is 0 Å². The zero-order valence-electron chi connectivity index (χ0n) is 12.6. The number of halogens is 2. The third-order valence-electron chi connectivity index (χ3n) is 3.64. The summed E-state index contributed by atoms with van der Waals surface area (Å²) in [6, 6.07) is 14.8. The Labute approximate surface area is 152 Å². The van der Waals surface area contributed by atoms with Crippen LogP contribution >= 0.6 is 27.5 Å². The van der Waals surface area contributed by atoms with Crippen molar-refractivity contribution < 1.29 is 10.2 Å². The number of hydrogen-bond acceptors (Lipinski definition) is 4. The summed E-state index contributed by atoms with van der Waals surface area (Å²) >= 11 is 9.89. The van der Waals surface area contributed by atoms with Crippen LogP contribution in [-0.2, 0) is 13.2 Å². The molecule has 4 nitrogen and oxygen atoms in total. The lowest BCUT2D eigenvalue weighted by atomic mass is 10.1. The van der Waals surface area contributed by atoms with Gasteiger partial charge in [-0.1, -0.05) is 60.1 Å². The standard InChI is InChI=1S/C18H14BrClN2O2/c19-18-21-16(13-5-1-11(9-23)2-6-13)15(20)17(22-18)14-7-3-12(10-24)4-8-14/h1-8,23-24H,9-10H2. The largest absolute Gasteiger partial charge is 0.392 e. The van der Waals surface area contributed by atoms with Gasteiger partial charge in [0.15, 0.2) is 4.73 Å². The van der Waals surface area contributed by atoms with E-state index in [-0.39, 0.29) is 13.2 Å². The van der Waals surface area contributed by atoms with Crippen molar-refractivity contribution in [1.29, 1.82) is 0 Å². The zero-order valence-corrected chi connectivity index (χ0v) is 14.9. The van der Waals surface area contributed by atoms with Gasteiger partial charge < -0.3 is 10.2 Å². The Morgan fingerprint density at radius 3 is 1.46 bits per heavy atom. The van der Waals surface area contributed by atoms with Gasteiger partial charge in [-0.05, 0) is 27.1 Å². The highest BCUT2D eigenvalue weighted by atomic mass is 79.9. The summed E-state index contributed by atoms with van der Waals surface area (Å²) in [7, 11) is 0. The second-order valence-corrected chi connectivity index (χ2v) is 6.30. The summed E-state index contributed by atoms with van der Waals surface area (Å²) in [5.41, 5.74) is 4.56. The van der Waals surface area contributed by atoms with Gasteiger partial charge in [0.05, 0.1) is 29.6 Å². The lowest BCUT2D eigenvalue weighted by Crippen LogP contribution is -1.95. The molecule has 0 saturated carbocycles. The molecule has 24 heavy (non-hydrogen) atoms. The maximum atomic E-state index is 9.16. The monoisotopic (exact) mass is 404 g/mol. The van der Waals surface area contributed by atoms with E-state index in [4.69, 9.17) is 21.8 Å². The second-order valence-electron chi connectivity index (χ2n) is 5.21. The molecule has 3 rings (SSSR count). The van der Waals surface area contributed by atoms with Gasteiger partial charge in [-0.2, -0.15) is 0 Å². The number of nitrogens with zero attached hydrogens (tertiary/aromatic N) is 2. The molecule has 0 amide bonds. The van der Waals surface area contributed by atoms with Gasteiger partial charge in [-0.15, -0.1) is 0 Å². The van der Waals surface area contributed by atoms with E-state index in [1.165, 1.54) is 0 Å². The molecule has 1 heterocycles. The molecule has 0 radical (unpaired) electrons. The molecule has 6 heteroatoms. The first kappa shape index (κ1) is 17.0. The van der Waals surface area contributed by atoms with E-state index in [0.29, 0.717) is 21.1 Å². The van der Waals surface area contributed by atoms with E-state index in [2.05, 4.69) is 25.9 Å². The average Bonchev–Trinajstić information content (AvgIpc) is 2.63. The fourth-order valence-electron chi connectivity index (χ4n) is 2.34. The first-order chi connectivity index (χ1) is 11.6. The van der Waals surface area contributed by atoms with E-state index < -0.39 is 0 Å². The Hall–Kier alpha value is -1.79. The molecule has 0 fully saturated rings. The first-order valence-corrected chi connectivity index (χ1v) is 8.43. The van der Waals surface area contributed by atoms with Crippen molar-refractivity contribution >= 4 is 27.5 Å². The van der Waals surface area contributed by atoms with Gasteiger partial charge in [0.1, 0.15) is 0 Å². The molecule has 0 atom stereocenters. The van der Waals surface area contributed by atoms with Crippen LogP contribution in [0.3, 0.4) is 0 Å². The van der Waals surface area contributed by atoms with E-state index in [1.54, 1.807) is 0 Å². The Morgan fingerprint density at radius 1 is 0.750 bits per heavy atom. The van der Waals surface area contributed by atoms with Crippen LogP contribution in [0.25, 0.3) is 22.5 Å². The third-order valence-corrected chi connectivity index (χ3v) is 4.36. The van der Waals surface area contributed by atoms with E-state index >= 15 is 0 Å². The van der Waals surface area contributed by atoms with Crippen molar-refractivity contribution in [2.75, 3.05) is 0 Å².